The van der Waals surface area contributed by atoms with Crippen molar-refractivity contribution in [1.82, 2.24) is 15.6 Å². The molecular weight excluding hydrogens is 324 g/mol. The Balaban J connectivity index is 1.70. The van der Waals surface area contributed by atoms with Crippen LogP contribution in [0.25, 0.3) is 0 Å². The van der Waals surface area contributed by atoms with Gasteiger partial charge in [-0.05, 0) is 41.0 Å². The van der Waals surface area contributed by atoms with Crippen LogP contribution in [0.5, 0.6) is 0 Å². The Morgan fingerprint density at radius 3 is 2.46 bits per heavy atom. The van der Waals surface area contributed by atoms with E-state index >= 15 is 0 Å². The highest BCUT2D eigenvalue weighted by molar-refractivity contribution is 5.75. The normalized spacial score (nSPS) is 11.2. The van der Waals surface area contributed by atoms with Gasteiger partial charge in [0.15, 0.2) is 0 Å². The molecule has 1 atom stereocenters. The van der Waals surface area contributed by atoms with Crippen molar-refractivity contribution in [2.75, 3.05) is 0 Å². The first kappa shape index (κ1) is 17.2. The van der Waals surface area contributed by atoms with E-state index in [9.17, 15) is 4.79 Å². The van der Waals surface area contributed by atoms with Crippen molar-refractivity contribution in [3.05, 3.63) is 101 Å². The maximum Gasteiger partial charge on any atom is 0.315 e. The lowest BCUT2D eigenvalue weighted by atomic mass is 10.00. The molecule has 0 saturated carbocycles. The van der Waals surface area contributed by atoms with Crippen LogP contribution in [0.15, 0.2) is 79.1 Å². The van der Waals surface area contributed by atoms with E-state index in [2.05, 4.69) is 21.7 Å². The molecule has 5 heteroatoms. The van der Waals surface area contributed by atoms with Crippen LogP contribution in [-0.2, 0) is 6.54 Å². The minimum Gasteiger partial charge on any atom is -0.334 e. The molecule has 0 aliphatic rings. The van der Waals surface area contributed by atoms with Crippen LogP contribution in [0.4, 0.5) is 4.79 Å². The van der Waals surface area contributed by atoms with Crippen molar-refractivity contribution in [2.24, 2.45) is 0 Å². The second kappa shape index (κ2) is 8.45. The first-order valence-corrected chi connectivity index (χ1v) is 8.24. The van der Waals surface area contributed by atoms with E-state index < -0.39 is 0 Å². The molecule has 2 aromatic carbocycles. The van der Waals surface area contributed by atoms with Crippen LogP contribution in [0.3, 0.4) is 0 Å². The molecule has 0 bridgehead atoms. The molecule has 0 spiro atoms. The van der Waals surface area contributed by atoms with E-state index in [0.29, 0.717) is 12.1 Å². The van der Waals surface area contributed by atoms with Gasteiger partial charge in [0.1, 0.15) is 0 Å². The number of urea groups is 1. The van der Waals surface area contributed by atoms with Gasteiger partial charge in [-0.25, -0.2) is 4.79 Å². The fourth-order valence-corrected chi connectivity index (χ4v) is 2.68. The summed E-state index contributed by atoms with van der Waals surface area (Å²) in [6, 6.07) is 22.3. The molecule has 1 aromatic heterocycles. The molecular formula is C21H18N4O. The maximum absolute atomic E-state index is 12.4. The second-order valence-electron chi connectivity index (χ2n) is 5.76. The van der Waals surface area contributed by atoms with Crippen molar-refractivity contribution in [3.8, 4) is 6.07 Å². The summed E-state index contributed by atoms with van der Waals surface area (Å²) in [6.07, 6.45) is 3.41. The third kappa shape index (κ3) is 4.46. The number of amides is 2. The van der Waals surface area contributed by atoms with E-state index in [0.717, 1.165) is 16.7 Å². The molecule has 1 heterocycles. The summed E-state index contributed by atoms with van der Waals surface area (Å²) < 4.78 is 0. The molecule has 3 rings (SSSR count). The highest BCUT2D eigenvalue weighted by Crippen LogP contribution is 2.21. The van der Waals surface area contributed by atoms with Gasteiger partial charge in [0.05, 0.1) is 17.7 Å². The number of rotatable bonds is 5. The third-order valence-corrected chi connectivity index (χ3v) is 3.96. The first-order valence-electron chi connectivity index (χ1n) is 8.24. The molecule has 0 aliphatic heterocycles. The summed E-state index contributed by atoms with van der Waals surface area (Å²) in [5.41, 5.74) is 3.39. The minimum atomic E-state index is -0.280. The van der Waals surface area contributed by atoms with Gasteiger partial charge in [0, 0.05) is 18.9 Å². The number of hydrogen-bond donors (Lipinski definition) is 2. The summed E-state index contributed by atoms with van der Waals surface area (Å²) in [4.78, 5) is 16.5. The molecule has 2 N–H and O–H groups in total. The molecule has 0 aliphatic carbocycles. The number of carbonyl (C=O) groups is 1. The lowest BCUT2D eigenvalue weighted by Gasteiger charge is -2.20. The topological polar surface area (TPSA) is 77.8 Å². The van der Waals surface area contributed by atoms with Gasteiger partial charge in [0.2, 0.25) is 0 Å². The molecule has 0 fully saturated rings. The third-order valence-electron chi connectivity index (χ3n) is 3.96. The van der Waals surface area contributed by atoms with E-state index in [1.54, 1.807) is 30.6 Å². The fraction of sp³-hybridized carbons (Fsp3) is 0.0952. The molecule has 128 valence electrons. The summed E-state index contributed by atoms with van der Waals surface area (Å²) in [5, 5.41) is 14.8. The molecule has 0 saturated heterocycles. The Morgan fingerprint density at radius 2 is 1.73 bits per heavy atom. The Bertz CT molecular complexity index is 865. The van der Waals surface area contributed by atoms with E-state index in [4.69, 9.17) is 5.26 Å². The zero-order valence-electron chi connectivity index (χ0n) is 14.1. The fourth-order valence-electron chi connectivity index (χ4n) is 2.68. The zero-order chi connectivity index (χ0) is 18.2. The predicted octanol–water partition coefficient (Wildman–Crippen LogP) is 3.54. The minimum absolute atomic E-state index is 0.273. The molecule has 3 aromatic rings. The Morgan fingerprint density at radius 1 is 1.00 bits per heavy atom. The number of nitrogens with zero attached hydrogens (tertiary/aromatic N) is 2. The summed E-state index contributed by atoms with van der Waals surface area (Å²) in [6.45, 7) is 0.346. The molecule has 26 heavy (non-hydrogen) atoms. The van der Waals surface area contributed by atoms with E-state index in [1.807, 2.05) is 48.5 Å². The van der Waals surface area contributed by atoms with Gasteiger partial charge in [-0.15, -0.1) is 0 Å². The number of carbonyl (C=O) groups excluding carboxylic acids is 1. The van der Waals surface area contributed by atoms with Crippen LogP contribution >= 0.6 is 0 Å². The average molecular weight is 342 g/mol. The number of aromatic nitrogens is 1. The number of pyridine rings is 1. The summed E-state index contributed by atoms with van der Waals surface area (Å²) in [5.74, 6) is 0. The van der Waals surface area contributed by atoms with Gasteiger partial charge < -0.3 is 10.6 Å². The van der Waals surface area contributed by atoms with Gasteiger partial charge in [-0.3, -0.25) is 4.98 Å². The average Bonchev–Trinajstić information content (AvgIpc) is 2.72. The van der Waals surface area contributed by atoms with Crippen LogP contribution in [0.2, 0.25) is 0 Å². The van der Waals surface area contributed by atoms with Crippen LogP contribution in [0.1, 0.15) is 28.3 Å². The molecule has 2 amide bonds. The van der Waals surface area contributed by atoms with Crippen molar-refractivity contribution >= 4 is 6.03 Å². The first-order chi connectivity index (χ1) is 12.8. The highest BCUT2D eigenvalue weighted by atomic mass is 16.2. The standard InChI is InChI=1S/C21H18N4O/c22-14-16-5-4-6-17(13-16)15-24-21(26)25-20(18-7-2-1-3-8-18)19-9-11-23-12-10-19/h1-13,20H,15H2,(H2,24,25,26). The van der Waals surface area contributed by atoms with Gasteiger partial charge in [-0.1, -0.05) is 42.5 Å². The molecule has 5 nitrogen and oxygen atoms in total. The predicted molar refractivity (Wildman–Crippen MR) is 99.1 cm³/mol. The molecule has 0 radical (unpaired) electrons. The van der Waals surface area contributed by atoms with Gasteiger partial charge >= 0.3 is 6.03 Å². The van der Waals surface area contributed by atoms with Crippen molar-refractivity contribution in [1.29, 1.82) is 5.26 Å². The zero-order valence-corrected chi connectivity index (χ0v) is 14.1. The number of hydrogen-bond acceptors (Lipinski definition) is 3. The van der Waals surface area contributed by atoms with Crippen molar-refractivity contribution in [2.45, 2.75) is 12.6 Å². The smallest absolute Gasteiger partial charge is 0.315 e. The van der Waals surface area contributed by atoms with Crippen molar-refractivity contribution in [3.63, 3.8) is 0 Å². The summed E-state index contributed by atoms with van der Waals surface area (Å²) in [7, 11) is 0. The van der Waals surface area contributed by atoms with Crippen LogP contribution in [0, 0.1) is 11.3 Å². The Hall–Kier alpha value is -3.65. The Labute approximate surface area is 152 Å². The van der Waals surface area contributed by atoms with E-state index in [1.165, 1.54) is 0 Å². The van der Waals surface area contributed by atoms with Crippen LogP contribution in [-0.4, -0.2) is 11.0 Å². The summed E-state index contributed by atoms with van der Waals surface area (Å²) >= 11 is 0. The van der Waals surface area contributed by atoms with Crippen LogP contribution < -0.4 is 10.6 Å². The van der Waals surface area contributed by atoms with Crippen molar-refractivity contribution < 1.29 is 4.79 Å². The number of nitrogens with one attached hydrogen (secondary N) is 2. The largest absolute Gasteiger partial charge is 0.334 e. The number of benzene rings is 2. The maximum atomic E-state index is 12.4. The van der Waals surface area contributed by atoms with E-state index in [-0.39, 0.29) is 12.1 Å². The van der Waals surface area contributed by atoms with Gasteiger partial charge in [-0.2, -0.15) is 5.26 Å². The monoisotopic (exact) mass is 342 g/mol. The quantitative estimate of drug-likeness (QED) is 0.744. The molecule has 1 unspecified atom stereocenters. The lowest BCUT2D eigenvalue weighted by molar-refractivity contribution is 0.238. The van der Waals surface area contributed by atoms with Gasteiger partial charge in [0.25, 0.3) is 0 Å². The lowest BCUT2D eigenvalue weighted by Crippen LogP contribution is -2.38. The SMILES string of the molecule is N#Cc1cccc(CNC(=O)NC(c2ccccc2)c2ccncc2)c1. The number of nitriles is 1. The second-order valence-corrected chi connectivity index (χ2v) is 5.76. The Kier molecular flexibility index (Phi) is 5.58. The highest BCUT2D eigenvalue weighted by Gasteiger charge is 2.16.